The molecule has 28 heavy (non-hydrogen) atoms. The van der Waals surface area contributed by atoms with Crippen LogP contribution in [0.1, 0.15) is 0 Å². The van der Waals surface area contributed by atoms with Crippen molar-refractivity contribution >= 4 is 45.5 Å². The molecule has 0 heterocycles. The maximum absolute atomic E-state index is 17.4. The van der Waals surface area contributed by atoms with E-state index in [1.165, 1.54) is 5.39 Å². The number of hydrogen-bond donors (Lipinski definition) is 0. The number of rotatable bonds is 3. The first kappa shape index (κ1) is 16.9. The molecule has 5 aromatic rings. The highest BCUT2D eigenvalue weighted by Crippen LogP contribution is 2.26. The summed E-state index contributed by atoms with van der Waals surface area (Å²) in [6.07, 6.45) is 0. The summed E-state index contributed by atoms with van der Waals surface area (Å²) in [7, 11) is -3.66. The average molecular weight is 379 g/mol. The zero-order valence-corrected chi connectivity index (χ0v) is 16.3. The van der Waals surface area contributed by atoms with Crippen molar-refractivity contribution in [1.82, 2.24) is 0 Å². The molecule has 0 aliphatic carbocycles. The lowest BCUT2D eigenvalue weighted by Crippen LogP contribution is -2.64. The van der Waals surface area contributed by atoms with Gasteiger partial charge in [-0.1, -0.05) is 115 Å². The van der Waals surface area contributed by atoms with Gasteiger partial charge in [0.25, 0.3) is 0 Å². The summed E-state index contributed by atoms with van der Waals surface area (Å²) in [4.78, 5) is 0. The van der Waals surface area contributed by atoms with Gasteiger partial charge in [0.15, 0.2) is 0 Å². The molecule has 0 radical (unpaired) electrons. The van der Waals surface area contributed by atoms with Gasteiger partial charge in [-0.15, -0.1) is 0 Å². The molecule has 0 fully saturated rings. The predicted molar refractivity (Wildman–Crippen MR) is 120 cm³/mol. The van der Waals surface area contributed by atoms with E-state index in [2.05, 4.69) is 30.3 Å². The number of fused-ring (bicyclic) bond motifs is 3. The summed E-state index contributed by atoms with van der Waals surface area (Å²) in [5.74, 6) is 0. The lowest BCUT2D eigenvalue weighted by atomic mass is 10.0. The van der Waals surface area contributed by atoms with Crippen molar-refractivity contribution in [1.29, 1.82) is 0 Å². The van der Waals surface area contributed by atoms with Crippen molar-refractivity contribution in [3.05, 3.63) is 115 Å². The van der Waals surface area contributed by atoms with Gasteiger partial charge >= 0.3 is 8.41 Å². The Kier molecular flexibility index (Phi) is 4.07. The predicted octanol–water partition coefficient (Wildman–Crippen LogP) is 4.93. The molecule has 0 aromatic heterocycles. The normalized spacial score (nSPS) is 11.8. The largest absolute Gasteiger partial charge is 0.340 e. The van der Waals surface area contributed by atoms with Crippen LogP contribution in [0.2, 0.25) is 0 Å². The molecule has 5 rings (SSSR count). The molecular formula is C26H19FSi. The molecule has 0 saturated heterocycles. The van der Waals surface area contributed by atoms with E-state index < -0.39 is 8.41 Å². The minimum Gasteiger partial charge on any atom is -0.296 e. The third-order valence-corrected chi connectivity index (χ3v) is 8.90. The van der Waals surface area contributed by atoms with Crippen LogP contribution in [0, 0.1) is 0 Å². The number of halogens is 1. The first-order chi connectivity index (χ1) is 13.8. The van der Waals surface area contributed by atoms with Crippen molar-refractivity contribution in [3.63, 3.8) is 0 Å². The van der Waals surface area contributed by atoms with Gasteiger partial charge in [-0.25, -0.2) is 0 Å². The second kappa shape index (κ2) is 6.74. The van der Waals surface area contributed by atoms with E-state index in [1.54, 1.807) is 0 Å². The molecule has 2 heteroatoms. The van der Waals surface area contributed by atoms with Gasteiger partial charge in [-0.2, -0.15) is 0 Å². The fourth-order valence-electron chi connectivity index (χ4n) is 4.15. The fourth-order valence-corrected chi connectivity index (χ4v) is 7.35. The number of hydrogen-bond acceptors (Lipinski definition) is 0. The van der Waals surface area contributed by atoms with Crippen molar-refractivity contribution in [2.75, 3.05) is 0 Å². The zero-order valence-electron chi connectivity index (χ0n) is 15.3. The summed E-state index contributed by atoms with van der Waals surface area (Å²) in [5.41, 5.74) is 0. The molecular weight excluding hydrogens is 359 g/mol. The van der Waals surface area contributed by atoms with Crippen LogP contribution in [0.25, 0.3) is 21.5 Å². The van der Waals surface area contributed by atoms with Crippen LogP contribution >= 0.6 is 0 Å². The Hall–Kier alpha value is -3.23. The summed E-state index contributed by atoms with van der Waals surface area (Å²) in [6.45, 7) is 0. The summed E-state index contributed by atoms with van der Waals surface area (Å²) < 4.78 is 17.4. The zero-order chi connectivity index (χ0) is 19.0. The van der Waals surface area contributed by atoms with Crippen molar-refractivity contribution in [3.8, 4) is 0 Å². The van der Waals surface area contributed by atoms with Gasteiger partial charge in [-0.05, 0) is 37.1 Å². The van der Waals surface area contributed by atoms with Gasteiger partial charge < -0.3 is 0 Å². The topological polar surface area (TPSA) is 0 Å². The van der Waals surface area contributed by atoms with E-state index in [4.69, 9.17) is 0 Å². The Labute approximate surface area is 165 Å². The van der Waals surface area contributed by atoms with Crippen LogP contribution in [-0.4, -0.2) is 8.41 Å². The highest BCUT2D eigenvalue weighted by Gasteiger charge is 2.42. The van der Waals surface area contributed by atoms with E-state index in [1.807, 2.05) is 84.9 Å². The molecule has 0 nitrogen and oxygen atoms in total. The van der Waals surface area contributed by atoms with E-state index in [0.717, 1.165) is 31.7 Å². The van der Waals surface area contributed by atoms with Gasteiger partial charge in [0.2, 0.25) is 0 Å². The van der Waals surface area contributed by atoms with E-state index in [0.29, 0.717) is 0 Å². The van der Waals surface area contributed by atoms with E-state index in [9.17, 15) is 0 Å². The average Bonchev–Trinajstić information content (AvgIpc) is 2.79. The third kappa shape index (κ3) is 2.57. The molecule has 0 unspecified atom stereocenters. The summed E-state index contributed by atoms with van der Waals surface area (Å²) in [6, 6.07) is 37.9. The van der Waals surface area contributed by atoms with E-state index >= 15 is 4.11 Å². The molecule has 0 N–H and O–H groups in total. The maximum atomic E-state index is 17.4. The molecule has 0 atom stereocenters. The molecule has 0 saturated carbocycles. The molecule has 0 spiro atoms. The summed E-state index contributed by atoms with van der Waals surface area (Å²) in [5, 5.41) is 6.74. The smallest absolute Gasteiger partial charge is 0.296 e. The van der Waals surface area contributed by atoms with Crippen LogP contribution in [0.15, 0.2) is 115 Å². The Bertz CT molecular complexity index is 1220. The molecule has 134 valence electrons. The SMILES string of the molecule is F[Si](c1ccccc1)(c1ccccc1)c1cc2ccccc2c2ccccc12. The van der Waals surface area contributed by atoms with Crippen LogP contribution in [0.5, 0.6) is 0 Å². The molecule has 5 aromatic carbocycles. The number of benzene rings is 5. The van der Waals surface area contributed by atoms with Gasteiger partial charge in [-0.3, -0.25) is 4.11 Å². The molecule has 0 bridgehead atoms. The Morgan fingerprint density at radius 3 is 1.54 bits per heavy atom. The third-order valence-electron chi connectivity index (χ3n) is 5.48. The van der Waals surface area contributed by atoms with Gasteiger partial charge in [0.05, 0.1) is 0 Å². The standard InChI is InChI=1S/C26H19FSi/c27-28(21-12-3-1-4-13-21,22-14-5-2-6-15-22)26-19-20-11-7-8-16-23(20)24-17-9-10-18-25(24)26/h1-19H. The monoisotopic (exact) mass is 378 g/mol. The Balaban J connectivity index is 1.94. The van der Waals surface area contributed by atoms with Crippen molar-refractivity contribution in [2.45, 2.75) is 0 Å². The van der Waals surface area contributed by atoms with Crippen LogP contribution in [0.3, 0.4) is 0 Å². The van der Waals surface area contributed by atoms with Crippen LogP contribution < -0.4 is 15.6 Å². The molecule has 0 amide bonds. The van der Waals surface area contributed by atoms with Gasteiger partial charge in [0.1, 0.15) is 0 Å². The van der Waals surface area contributed by atoms with Gasteiger partial charge in [0, 0.05) is 0 Å². The highest BCUT2D eigenvalue weighted by molar-refractivity contribution is 7.07. The Morgan fingerprint density at radius 2 is 0.929 bits per heavy atom. The quantitative estimate of drug-likeness (QED) is 0.181. The first-order valence-electron chi connectivity index (χ1n) is 9.49. The highest BCUT2D eigenvalue weighted by atomic mass is 28.4. The summed E-state index contributed by atoms with van der Waals surface area (Å²) >= 11 is 0. The second-order valence-corrected chi connectivity index (χ2v) is 10.1. The lowest BCUT2D eigenvalue weighted by Gasteiger charge is -2.26. The second-order valence-electron chi connectivity index (χ2n) is 7.08. The fraction of sp³-hybridized carbons (Fsp3) is 0. The minimum atomic E-state index is -3.66. The molecule has 0 aliphatic rings. The van der Waals surface area contributed by atoms with Crippen LogP contribution in [0.4, 0.5) is 4.11 Å². The lowest BCUT2D eigenvalue weighted by molar-refractivity contribution is 0.843. The van der Waals surface area contributed by atoms with E-state index in [-0.39, 0.29) is 0 Å². The first-order valence-corrected chi connectivity index (χ1v) is 11.4. The van der Waals surface area contributed by atoms with Crippen molar-refractivity contribution in [2.24, 2.45) is 0 Å². The maximum Gasteiger partial charge on any atom is 0.340 e. The molecule has 0 aliphatic heterocycles. The van der Waals surface area contributed by atoms with Crippen molar-refractivity contribution < 1.29 is 4.11 Å². The van der Waals surface area contributed by atoms with Crippen LogP contribution in [-0.2, 0) is 0 Å². The Morgan fingerprint density at radius 1 is 0.464 bits per heavy atom. The minimum absolute atomic E-state index is 0.779.